The van der Waals surface area contributed by atoms with Gasteiger partial charge >= 0.3 is 0 Å². The summed E-state index contributed by atoms with van der Waals surface area (Å²) < 4.78 is 59.5. The minimum atomic E-state index is -3.91. The summed E-state index contributed by atoms with van der Waals surface area (Å²) in [5, 5.41) is 0. The minimum absolute atomic E-state index is 0.0482. The van der Waals surface area contributed by atoms with E-state index in [0.29, 0.717) is 24.5 Å². The number of fused-ring (bicyclic) bond motifs is 1. The van der Waals surface area contributed by atoms with Gasteiger partial charge in [-0.2, -0.15) is 0 Å². The lowest BCUT2D eigenvalue weighted by Crippen LogP contribution is -2.34. The van der Waals surface area contributed by atoms with Crippen LogP contribution in [-0.2, 0) is 26.5 Å². The van der Waals surface area contributed by atoms with Crippen molar-refractivity contribution in [2.24, 2.45) is 0 Å². The summed E-state index contributed by atoms with van der Waals surface area (Å²) in [4.78, 5) is 0.0482. The first kappa shape index (κ1) is 20.5. The largest absolute Gasteiger partial charge is 0.492 e. The van der Waals surface area contributed by atoms with Gasteiger partial charge in [-0.3, -0.25) is 9.03 Å². The average Bonchev–Trinajstić information content (AvgIpc) is 2.61. The van der Waals surface area contributed by atoms with E-state index in [2.05, 4.69) is 4.72 Å². The van der Waals surface area contributed by atoms with Crippen molar-refractivity contribution in [2.75, 3.05) is 28.4 Å². The minimum Gasteiger partial charge on any atom is -0.492 e. The maximum atomic E-state index is 13.0. The van der Waals surface area contributed by atoms with Gasteiger partial charge in [-0.05, 0) is 62.1 Å². The van der Waals surface area contributed by atoms with Gasteiger partial charge in [0.2, 0.25) is 10.0 Å². The zero-order valence-electron chi connectivity index (χ0n) is 16.1. The fourth-order valence-electron chi connectivity index (χ4n) is 3.26. The van der Waals surface area contributed by atoms with E-state index in [9.17, 15) is 16.8 Å². The monoisotopic (exact) mass is 424 g/mol. The number of nitrogens with zero attached hydrogens (tertiary/aromatic N) is 1. The zero-order chi connectivity index (χ0) is 20.5. The Hall–Kier alpha value is -2.26. The maximum Gasteiger partial charge on any atom is 0.265 e. The molecule has 0 saturated heterocycles. The Labute approximate surface area is 166 Å². The highest BCUT2D eigenvalue weighted by molar-refractivity contribution is 7.93. The van der Waals surface area contributed by atoms with Crippen LogP contribution in [-0.4, -0.2) is 36.2 Å². The van der Waals surface area contributed by atoms with Gasteiger partial charge in [-0.15, -0.1) is 0 Å². The lowest BCUT2D eigenvalue weighted by molar-refractivity contribution is 0.331. The van der Waals surface area contributed by atoms with Crippen LogP contribution in [0.1, 0.15) is 24.5 Å². The predicted molar refractivity (Wildman–Crippen MR) is 110 cm³/mol. The summed E-state index contributed by atoms with van der Waals surface area (Å²) in [5.41, 5.74) is 2.49. The van der Waals surface area contributed by atoms with Gasteiger partial charge in [-0.1, -0.05) is 12.1 Å². The van der Waals surface area contributed by atoms with Gasteiger partial charge in [0, 0.05) is 6.54 Å². The Morgan fingerprint density at radius 3 is 2.54 bits per heavy atom. The molecule has 0 spiro atoms. The van der Waals surface area contributed by atoms with Crippen LogP contribution in [0.15, 0.2) is 41.3 Å². The van der Waals surface area contributed by atoms with Crippen molar-refractivity contribution < 1.29 is 21.6 Å². The molecule has 0 saturated carbocycles. The van der Waals surface area contributed by atoms with Crippen molar-refractivity contribution in [3.05, 3.63) is 47.5 Å². The summed E-state index contributed by atoms with van der Waals surface area (Å²) >= 11 is 0. The van der Waals surface area contributed by atoms with Crippen molar-refractivity contribution in [1.29, 1.82) is 0 Å². The smallest absolute Gasteiger partial charge is 0.265 e. The first-order valence-corrected chi connectivity index (χ1v) is 12.3. The molecule has 1 heterocycles. The second-order valence-corrected chi connectivity index (χ2v) is 10.3. The van der Waals surface area contributed by atoms with Crippen LogP contribution < -0.4 is 13.8 Å². The zero-order valence-corrected chi connectivity index (χ0v) is 17.7. The van der Waals surface area contributed by atoms with Crippen molar-refractivity contribution >= 4 is 31.4 Å². The molecule has 0 unspecified atom stereocenters. The molecule has 0 radical (unpaired) electrons. The van der Waals surface area contributed by atoms with Crippen LogP contribution >= 0.6 is 0 Å². The molecular weight excluding hydrogens is 400 g/mol. The van der Waals surface area contributed by atoms with Crippen LogP contribution in [0.5, 0.6) is 5.75 Å². The van der Waals surface area contributed by atoms with Crippen molar-refractivity contribution in [1.82, 2.24) is 0 Å². The molecule has 1 N–H and O–H groups in total. The van der Waals surface area contributed by atoms with E-state index in [4.69, 9.17) is 4.74 Å². The molecule has 0 aliphatic carbocycles. The molecule has 152 valence electrons. The first-order chi connectivity index (χ1) is 13.1. The summed E-state index contributed by atoms with van der Waals surface area (Å²) in [6.45, 7) is 4.31. The van der Waals surface area contributed by atoms with E-state index in [1.165, 1.54) is 4.31 Å². The van der Waals surface area contributed by atoms with E-state index in [1.54, 1.807) is 50.2 Å². The van der Waals surface area contributed by atoms with Crippen LogP contribution in [0.3, 0.4) is 0 Å². The van der Waals surface area contributed by atoms with Gasteiger partial charge in [0.05, 0.1) is 24.2 Å². The van der Waals surface area contributed by atoms with Crippen LogP contribution in [0.2, 0.25) is 0 Å². The van der Waals surface area contributed by atoms with Gasteiger partial charge in [0.15, 0.2) is 0 Å². The number of benzene rings is 2. The van der Waals surface area contributed by atoms with E-state index >= 15 is 0 Å². The summed E-state index contributed by atoms with van der Waals surface area (Å²) in [5.74, 6) is 0.274. The highest BCUT2D eigenvalue weighted by atomic mass is 32.2. The molecule has 0 bridgehead atoms. The van der Waals surface area contributed by atoms with E-state index in [-0.39, 0.29) is 10.6 Å². The van der Waals surface area contributed by atoms with Gasteiger partial charge in [0.1, 0.15) is 10.6 Å². The van der Waals surface area contributed by atoms with Crippen molar-refractivity contribution in [3.63, 3.8) is 0 Å². The molecule has 2 aromatic rings. The van der Waals surface area contributed by atoms with Crippen molar-refractivity contribution in [2.45, 2.75) is 31.6 Å². The second-order valence-electron chi connectivity index (χ2n) is 6.77. The molecule has 0 atom stereocenters. The topological polar surface area (TPSA) is 92.8 Å². The highest BCUT2D eigenvalue weighted by Crippen LogP contribution is 2.33. The maximum absolute atomic E-state index is 13.0. The number of hydrogen-bond acceptors (Lipinski definition) is 5. The summed E-state index contributed by atoms with van der Waals surface area (Å²) in [6.07, 6.45) is 2.63. The Morgan fingerprint density at radius 1 is 1.11 bits per heavy atom. The first-order valence-electron chi connectivity index (χ1n) is 8.99. The molecule has 1 aliphatic heterocycles. The summed E-state index contributed by atoms with van der Waals surface area (Å²) in [6, 6.07) is 9.96. The number of ether oxygens (including phenoxy) is 1. The van der Waals surface area contributed by atoms with E-state index in [1.807, 2.05) is 0 Å². The molecule has 0 fully saturated rings. The Morgan fingerprint density at radius 2 is 1.86 bits per heavy atom. The Balaban J connectivity index is 2.00. The molecule has 7 nitrogen and oxygen atoms in total. The quantitative estimate of drug-likeness (QED) is 0.770. The predicted octanol–water partition coefficient (Wildman–Crippen LogP) is 2.91. The normalized spacial score (nSPS) is 14.5. The molecule has 3 rings (SSSR count). The third kappa shape index (κ3) is 4.25. The molecule has 9 heteroatoms. The van der Waals surface area contributed by atoms with Crippen molar-refractivity contribution in [3.8, 4) is 5.75 Å². The fraction of sp³-hybridized carbons (Fsp3) is 0.368. The van der Waals surface area contributed by atoms with Crippen LogP contribution in [0.25, 0.3) is 0 Å². The lowest BCUT2D eigenvalue weighted by atomic mass is 10.0. The standard InChI is InChI=1S/C19H24N2O5S2/c1-4-26-18-10-7-14(2)12-19(18)28(24,25)20-16-9-8-15-6-5-11-21(17(15)13-16)27(3,22)23/h7-10,12-13,20H,4-6,11H2,1-3H3. The van der Waals surface area contributed by atoms with E-state index in [0.717, 1.165) is 30.2 Å². The molecule has 2 aromatic carbocycles. The highest BCUT2D eigenvalue weighted by Gasteiger charge is 2.26. The molecule has 28 heavy (non-hydrogen) atoms. The summed E-state index contributed by atoms with van der Waals surface area (Å²) in [7, 11) is -7.35. The molecular formula is C19H24N2O5S2. The molecule has 1 aliphatic rings. The second kappa shape index (κ2) is 7.63. The van der Waals surface area contributed by atoms with E-state index < -0.39 is 20.0 Å². The molecule has 0 aromatic heterocycles. The molecule has 0 amide bonds. The third-order valence-corrected chi connectivity index (χ3v) is 7.08. The van der Waals surface area contributed by atoms with Crippen LogP contribution in [0, 0.1) is 6.92 Å². The number of aryl methyl sites for hydroxylation is 2. The fourth-order valence-corrected chi connectivity index (χ4v) is 5.53. The Bertz CT molecular complexity index is 1100. The Kier molecular flexibility index (Phi) is 5.58. The van der Waals surface area contributed by atoms with Gasteiger partial charge in [-0.25, -0.2) is 16.8 Å². The van der Waals surface area contributed by atoms with Gasteiger partial charge < -0.3 is 4.74 Å². The number of nitrogens with one attached hydrogen (secondary N) is 1. The SMILES string of the molecule is CCOc1ccc(C)cc1S(=O)(=O)Nc1ccc2c(c1)N(S(C)(=O)=O)CCC2. The number of sulfonamides is 2. The number of anilines is 2. The number of rotatable bonds is 6. The van der Waals surface area contributed by atoms with Crippen LogP contribution in [0.4, 0.5) is 11.4 Å². The third-order valence-electron chi connectivity index (χ3n) is 4.50. The van der Waals surface area contributed by atoms with Gasteiger partial charge in [0.25, 0.3) is 10.0 Å². The lowest BCUT2D eigenvalue weighted by Gasteiger charge is -2.29. The number of hydrogen-bond donors (Lipinski definition) is 1. The average molecular weight is 425 g/mol.